The van der Waals surface area contributed by atoms with Crippen molar-refractivity contribution in [3.8, 4) is 0 Å². The van der Waals surface area contributed by atoms with Crippen LogP contribution in [0.2, 0.25) is 0 Å². The van der Waals surface area contributed by atoms with Crippen LogP contribution < -0.4 is 5.32 Å². The van der Waals surface area contributed by atoms with Crippen LogP contribution in [0.3, 0.4) is 0 Å². The molecule has 1 aliphatic carbocycles. The summed E-state index contributed by atoms with van der Waals surface area (Å²) in [6.45, 7) is 4.12. The van der Waals surface area contributed by atoms with Gasteiger partial charge in [-0.2, -0.15) is 0 Å². The second kappa shape index (κ2) is 5.00. The molecule has 1 amide bonds. The minimum atomic E-state index is 0.0117. The maximum absolute atomic E-state index is 12.0. The quantitative estimate of drug-likeness (QED) is 0.821. The van der Waals surface area contributed by atoms with Gasteiger partial charge in [-0.15, -0.1) is 0 Å². The Bertz CT molecular complexity index is 480. The first kappa shape index (κ1) is 11.6. The highest BCUT2D eigenvalue weighted by atomic mass is 16.1. The third-order valence-electron chi connectivity index (χ3n) is 2.96. The van der Waals surface area contributed by atoms with E-state index in [1.807, 2.05) is 43.3 Å². The van der Waals surface area contributed by atoms with Crippen LogP contribution in [0.1, 0.15) is 25.3 Å². The number of rotatable bonds is 2. The summed E-state index contributed by atoms with van der Waals surface area (Å²) in [6, 6.07) is 7.85. The number of benzene rings is 1. The van der Waals surface area contributed by atoms with Crippen molar-refractivity contribution in [1.29, 1.82) is 0 Å². The van der Waals surface area contributed by atoms with E-state index >= 15 is 0 Å². The monoisotopic (exact) mass is 227 g/mol. The summed E-state index contributed by atoms with van der Waals surface area (Å²) in [4.78, 5) is 12.0. The second-order valence-electron chi connectivity index (χ2n) is 4.53. The Hall–Kier alpha value is -1.83. The summed E-state index contributed by atoms with van der Waals surface area (Å²) in [7, 11) is 0. The molecule has 0 aliphatic heterocycles. The molecule has 0 radical (unpaired) electrons. The van der Waals surface area contributed by atoms with Gasteiger partial charge in [-0.3, -0.25) is 4.79 Å². The lowest BCUT2D eigenvalue weighted by atomic mass is 9.99. The molecule has 0 fully saturated rings. The summed E-state index contributed by atoms with van der Waals surface area (Å²) in [6.07, 6.45) is 5.75. The van der Waals surface area contributed by atoms with Gasteiger partial charge in [-0.05, 0) is 38.8 Å². The fourth-order valence-electron chi connectivity index (χ4n) is 1.78. The third kappa shape index (κ3) is 3.06. The van der Waals surface area contributed by atoms with E-state index in [4.69, 9.17) is 0 Å². The molecule has 1 aromatic rings. The Kier molecular flexibility index (Phi) is 3.43. The maximum Gasteiger partial charge on any atom is 0.251 e. The number of hydrogen-bond acceptors (Lipinski definition) is 1. The van der Waals surface area contributed by atoms with Gasteiger partial charge in [0.2, 0.25) is 0 Å². The van der Waals surface area contributed by atoms with Gasteiger partial charge in [0, 0.05) is 11.3 Å². The smallest absolute Gasteiger partial charge is 0.251 e. The Morgan fingerprint density at radius 2 is 1.76 bits per heavy atom. The van der Waals surface area contributed by atoms with Gasteiger partial charge in [0.05, 0.1) is 0 Å². The molecule has 0 atom stereocenters. The lowest BCUT2D eigenvalue weighted by molar-refractivity contribution is -0.113. The van der Waals surface area contributed by atoms with Gasteiger partial charge in [-0.1, -0.05) is 35.4 Å². The zero-order chi connectivity index (χ0) is 12.3. The SMILES string of the molecule is CC1=CC=C(C(=O)Nc2ccc(C)cc2)CC1. The average Bonchev–Trinajstić information content (AvgIpc) is 2.33. The summed E-state index contributed by atoms with van der Waals surface area (Å²) in [5, 5.41) is 2.92. The van der Waals surface area contributed by atoms with E-state index < -0.39 is 0 Å². The van der Waals surface area contributed by atoms with E-state index in [9.17, 15) is 4.79 Å². The predicted octanol–water partition coefficient (Wildman–Crippen LogP) is 3.60. The maximum atomic E-state index is 12.0. The molecule has 1 aliphatic rings. The van der Waals surface area contributed by atoms with Gasteiger partial charge >= 0.3 is 0 Å². The molecule has 1 N–H and O–H groups in total. The van der Waals surface area contributed by atoms with Crippen molar-refractivity contribution in [1.82, 2.24) is 0 Å². The van der Waals surface area contributed by atoms with Crippen molar-refractivity contribution < 1.29 is 4.79 Å². The van der Waals surface area contributed by atoms with Crippen LogP contribution in [0.15, 0.2) is 47.6 Å². The fourth-order valence-corrected chi connectivity index (χ4v) is 1.78. The third-order valence-corrected chi connectivity index (χ3v) is 2.96. The topological polar surface area (TPSA) is 29.1 Å². The van der Waals surface area contributed by atoms with E-state index in [-0.39, 0.29) is 5.91 Å². The minimum absolute atomic E-state index is 0.0117. The molecule has 0 saturated carbocycles. The van der Waals surface area contributed by atoms with Gasteiger partial charge in [0.15, 0.2) is 0 Å². The highest BCUT2D eigenvalue weighted by molar-refractivity contribution is 6.04. The predicted molar refractivity (Wildman–Crippen MR) is 70.9 cm³/mol. The normalized spacial score (nSPS) is 14.9. The lowest BCUT2D eigenvalue weighted by Gasteiger charge is -2.12. The number of hydrogen-bond donors (Lipinski definition) is 1. The lowest BCUT2D eigenvalue weighted by Crippen LogP contribution is -2.15. The van der Waals surface area contributed by atoms with Gasteiger partial charge < -0.3 is 5.32 Å². The number of allylic oxidation sites excluding steroid dienone is 3. The van der Waals surface area contributed by atoms with Crippen molar-refractivity contribution in [3.05, 3.63) is 53.1 Å². The molecule has 0 heterocycles. The summed E-state index contributed by atoms with van der Waals surface area (Å²) in [5.74, 6) is 0.0117. The van der Waals surface area contributed by atoms with Gasteiger partial charge in [0.25, 0.3) is 5.91 Å². The second-order valence-corrected chi connectivity index (χ2v) is 4.53. The van der Waals surface area contributed by atoms with Crippen molar-refractivity contribution in [2.75, 3.05) is 5.32 Å². The Morgan fingerprint density at radius 1 is 1.06 bits per heavy atom. The molecular weight excluding hydrogens is 210 g/mol. The zero-order valence-electron chi connectivity index (χ0n) is 10.3. The summed E-state index contributed by atoms with van der Waals surface area (Å²) >= 11 is 0. The zero-order valence-corrected chi connectivity index (χ0v) is 10.3. The Balaban J connectivity index is 2.05. The number of nitrogens with one attached hydrogen (secondary N) is 1. The van der Waals surface area contributed by atoms with Crippen LogP contribution in [0.5, 0.6) is 0 Å². The standard InChI is InChI=1S/C15H17NO/c1-11-3-7-13(8-4-11)15(17)16-14-9-5-12(2)6-10-14/h3,5-7,9-10H,4,8H2,1-2H3,(H,16,17). The first-order valence-corrected chi connectivity index (χ1v) is 5.89. The van der Waals surface area contributed by atoms with Crippen molar-refractivity contribution in [2.45, 2.75) is 26.7 Å². The van der Waals surface area contributed by atoms with Crippen LogP contribution in [-0.2, 0) is 4.79 Å². The van der Waals surface area contributed by atoms with Crippen LogP contribution in [-0.4, -0.2) is 5.91 Å². The molecule has 17 heavy (non-hydrogen) atoms. The number of carbonyl (C=O) groups excluding carboxylic acids is 1. The van der Waals surface area contributed by atoms with E-state index in [0.717, 1.165) is 24.1 Å². The van der Waals surface area contributed by atoms with E-state index in [2.05, 4.69) is 12.2 Å². The highest BCUT2D eigenvalue weighted by Crippen LogP contribution is 2.19. The molecule has 0 saturated heterocycles. The first-order valence-electron chi connectivity index (χ1n) is 5.89. The number of aryl methyl sites for hydroxylation is 1. The van der Waals surface area contributed by atoms with Crippen LogP contribution in [0, 0.1) is 6.92 Å². The van der Waals surface area contributed by atoms with E-state index in [0.29, 0.717) is 0 Å². The van der Waals surface area contributed by atoms with Crippen molar-refractivity contribution in [2.24, 2.45) is 0 Å². The average molecular weight is 227 g/mol. The van der Waals surface area contributed by atoms with E-state index in [1.165, 1.54) is 11.1 Å². The molecule has 2 heteroatoms. The van der Waals surface area contributed by atoms with Crippen LogP contribution >= 0.6 is 0 Å². The molecule has 88 valence electrons. The molecule has 0 unspecified atom stereocenters. The number of carbonyl (C=O) groups is 1. The molecule has 2 rings (SSSR count). The fraction of sp³-hybridized carbons (Fsp3) is 0.267. The molecule has 0 bridgehead atoms. The molecular formula is C15H17NO. The Morgan fingerprint density at radius 3 is 2.35 bits per heavy atom. The van der Waals surface area contributed by atoms with E-state index in [1.54, 1.807) is 0 Å². The van der Waals surface area contributed by atoms with Crippen LogP contribution in [0.4, 0.5) is 5.69 Å². The largest absolute Gasteiger partial charge is 0.322 e. The number of amides is 1. The highest BCUT2D eigenvalue weighted by Gasteiger charge is 2.11. The molecule has 2 nitrogen and oxygen atoms in total. The van der Waals surface area contributed by atoms with Crippen molar-refractivity contribution >= 4 is 11.6 Å². The molecule has 0 aromatic heterocycles. The summed E-state index contributed by atoms with van der Waals surface area (Å²) < 4.78 is 0. The minimum Gasteiger partial charge on any atom is -0.322 e. The number of anilines is 1. The molecule has 0 spiro atoms. The summed E-state index contributed by atoms with van der Waals surface area (Å²) in [5.41, 5.74) is 4.24. The molecule has 1 aromatic carbocycles. The van der Waals surface area contributed by atoms with Crippen molar-refractivity contribution in [3.63, 3.8) is 0 Å². The van der Waals surface area contributed by atoms with Gasteiger partial charge in [-0.25, -0.2) is 0 Å². The van der Waals surface area contributed by atoms with Crippen LogP contribution in [0.25, 0.3) is 0 Å². The van der Waals surface area contributed by atoms with Gasteiger partial charge in [0.1, 0.15) is 0 Å². The first-order chi connectivity index (χ1) is 8.15. The Labute approximate surface area is 102 Å².